The maximum Gasteiger partial charge on any atom is 0.226 e. The molecule has 0 radical (unpaired) electrons. The first-order chi connectivity index (χ1) is 9.02. The van der Waals surface area contributed by atoms with Crippen LogP contribution in [0.2, 0.25) is 5.28 Å². The van der Waals surface area contributed by atoms with Crippen molar-refractivity contribution in [1.82, 2.24) is 25.1 Å². The van der Waals surface area contributed by atoms with Crippen LogP contribution in [0.15, 0.2) is 6.20 Å². The van der Waals surface area contributed by atoms with Gasteiger partial charge in [0.05, 0.1) is 11.6 Å². The molecule has 19 heavy (non-hydrogen) atoms. The van der Waals surface area contributed by atoms with Gasteiger partial charge in [-0.15, -0.1) is 0 Å². The summed E-state index contributed by atoms with van der Waals surface area (Å²) in [5.74, 6) is 0.834. The van der Waals surface area contributed by atoms with Crippen LogP contribution < -0.4 is 4.90 Å². The molecule has 1 unspecified atom stereocenters. The van der Waals surface area contributed by atoms with Crippen LogP contribution in [0.3, 0.4) is 0 Å². The molecule has 1 atom stereocenters. The average molecular weight is 283 g/mol. The molecule has 0 aliphatic rings. The fraction of sp³-hybridized carbons (Fsp3) is 0.583. The van der Waals surface area contributed by atoms with E-state index in [2.05, 4.69) is 57.9 Å². The number of likely N-dealkylation sites (N-methyl/N-ethyl adjacent to an activating group) is 2. The van der Waals surface area contributed by atoms with E-state index in [0.29, 0.717) is 11.7 Å². The number of aromatic nitrogens is 4. The predicted octanol–water partition coefficient (Wildman–Crippen LogP) is 1.78. The van der Waals surface area contributed by atoms with Crippen LogP contribution >= 0.6 is 11.6 Å². The zero-order valence-corrected chi connectivity index (χ0v) is 12.4. The van der Waals surface area contributed by atoms with E-state index in [0.717, 1.165) is 24.3 Å². The number of nitrogens with zero attached hydrogens (tertiary/aromatic N) is 5. The summed E-state index contributed by atoms with van der Waals surface area (Å²) >= 11 is 5.99. The monoisotopic (exact) mass is 282 g/mol. The zero-order chi connectivity index (χ0) is 14.0. The van der Waals surface area contributed by atoms with Crippen molar-refractivity contribution in [2.75, 3.05) is 32.1 Å². The van der Waals surface area contributed by atoms with Gasteiger partial charge in [0.15, 0.2) is 5.65 Å². The van der Waals surface area contributed by atoms with Crippen molar-refractivity contribution in [3.05, 3.63) is 11.5 Å². The highest BCUT2D eigenvalue weighted by Crippen LogP contribution is 2.25. The second kappa shape index (κ2) is 5.71. The third-order valence-electron chi connectivity index (χ3n) is 3.04. The molecule has 0 saturated carbocycles. The zero-order valence-electron chi connectivity index (χ0n) is 11.7. The standard InChI is InChI=1S/C12H19ClN6/c1-5-19(8(2)7-18(3)4)11-9-6-14-17-10(9)15-12(13)16-11/h6,8H,5,7H2,1-4H3,(H,14,15,16,17). The number of rotatable bonds is 5. The Hall–Kier alpha value is -1.40. The first-order valence-electron chi connectivity index (χ1n) is 6.31. The van der Waals surface area contributed by atoms with Gasteiger partial charge in [-0.05, 0) is 39.5 Å². The van der Waals surface area contributed by atoms with Crippen molar-refractivity contribution in [2.24, 2.45) is 0 Å². The van der Waals surface area contributed by atoms with Crippen LogP contribution in [-0.4, -0.2) is 58.3 Å². The van der Waals surface area contributed by atoms with Crippen molar-refractivity contribution >= 4 is 28.5 Å². The first kappa shape index (κ1) is 14.0. The van der Waals surface area contributed by atoms with E-state index in [9.17, 15) is 0 Å². The Bertz CT molecular complexity index is 552. The Morgan fingerprint density at radius 3 is 2.74 bits per heavy atom. The number of H-pyrrole nitrogens is 1. The molecule has 104 valence electrons. The number of hydrogen-bond acceptors (Lipinski definition) is 5. The summed E-state index contributed by atoms with van der Waals surface area (Å²) in [4.78, 5) is 12.9. The topological polar surface area (TPSA) is 60.9 Å². The van der Waals surface area contributed by atoms with Crippen LogP contribution in [0.4, 0.5) is 5.82 Å². The van der Waals surface area contributed by atoms with Crippen molar-refractivity contribution in [3.63, 3.8) is 0 Å². The highest BCUT2D eigenvalue weighted by molar-refractivity contribution is 6.28. The minimum absolute atomic E-state index is 0.238. The third-order valence-corrected chi connectivity index (χ3v) is 3.21. The summed E-state index contributed by atoms with van der Waals surface area (Å²) in [6.45, 7) is 6.07. The molecule has 0 aromatic carbocycles. The normalized spacial score (nSPS) is 13.2. The van der Waals surface area contributed by atoms with Crippen molar-refractivity contribution < 1.29 is 0 Å². The number of aromatic amines is 1. The van der Waals surface area contributed by atoms with Gasteiger partial charge in [0, 0.05) is 19.1 Å². The Kier molecular flexibility index (Phi) is 4.21. The Morgan fingerprint density at radius 2 is 2.11 bits per heavy atom. The van der Waals surface area contributed by atoms with Crippen LogP contribution in [0.25, 0.3) is 11.0 Å². The second-order valence-electron chi connectivity index (χ2n) is 4.85. The molecule has 0 saturated heterocycles. The molecule has 7 heteroatoms. The fourth-order valence-electron chi connectivity index (χ4n) is 2.31. The number of hydrogen-bond donors (Lipinski definition) is 1. The van der Waals surface area contributed by atoms with Gasteiger partial charge >= 0.3 is 0 Å². The SMILES string of the molecule is CCN(c1nc(Cl)nc2[nH]ncc12)C(C)CN(C)C. The van der Waals surface area contributed by atoms with E-state index in [1.54, 1.807) is 6.20 Å². The number of nitrogens with one attached hydrogen (secondary N) is 1. The highest BCUT2D eigenvalue weighted by Gasteiger charge is 2.19. The summed E-state index contributed by atoms with van der Waals surface area (Å²) in [6, 6.07) is 0.323. The molecule has 2 heterocycles. The minimum Gasteiger partial charge on any atom is -0.352 e. The predicted molar refractivity (Wildman–Crippen MR) is 77.7 cm³/mol. The van der Waals surface area contributed by atoms with E-state index in [1.165, 1.54) is 0 Å². The maximum absolute atomic E-state index is 5.99. The largest absolute Gasteiger partial charge is 0.352 e. The molecule has 0 bridgehead atoms. The lowest BCUT2D eigenvalue weighted by Gasteiger charge is -2.31. The van der Waals surface area contributed by atoms with Crippen LogP contribution in [-0.2, 0) is 0 Å². The summed E-state index contributed by atoms with van der Waals surface area (Å²) in [6.07, 6.45) is 1.74. The van der Waals surface area contributed by atoms with Crippen LogP contribution in [0.1, 0.15) is 13.8 Å². The molecule has 0 spiro atoms. The van der Waals surface area contributed by atoms with E-state index in [4.69, 9.17) is 11.6 Å². The summed E-state index contributed by atoms with van der Waals surface area (Å²) in [7, 11) is 4.12. The quantitative estimate of drug-likeness (QED) is 0.847. The fourth-order valence-corrected chi connectivity index (χ4v) is 2.47. The van der Waals surface area contributed by atoms with Crippen LogP contribution in [0.5, 0.6) is 0 Å². The van der Waals surface area contributed by atoms with E-state index < -0.39 is 0 Å². The lowest BCUT2D eigenvalue weighted by molar-refractivity contribution is 0.372. The van der Waals surface area contributed by atoms with Crippen molar-refractivity contribution in [2.45, 2.75) is 19.9 Å². The van der Waals surface area contributed by atoms with Crippen molar-refractivity contribution in [3.8, 4) is 0 Å². The van der Waals surface area contributed by atoms with Gasteiger partial charge in [-0.1, -0.05) is 0 Å². The van der Waals surface area contributed by atoms with E-state index >= 15 is 0 Å². The maximum atomic E-state index is 5.99. The smallest absolute Gasteiger partial charge is 0.226 e. The highest BCUT2D eigenvalue weighted by atomic mass is 35.5. The van der Waals surface area contributed by atoms with Gasteiger partial charge in [-0.25, -0.2) is 0 Å². The number of halogens is 1. The van der Waals surface area contributed by atoms with Gasteiger partial charge in [-0.3, -0.25) is 5.10 Å². The molecule has 2 rings (SSSR count). The molecular formula is C12H19ClN6. The first-order valence-corrected chi connectivity index (χ1v) is 6.68. The Morgan fingerprint density at radius 1 is 1.37 bits per heavy atom. The van der Waals surface area contributed by atoms with Gasteiger partial charge < -0.3 is 9.80 Å². The summed E-state index contributed by atoms with van der Waals surface area (Å²) < 4.78 is 0. The molecule has 0 aliphatic heterocycles. The van der Waals surface area contributed by atoms with Gasteiger partial charge in [0.2, 0.25) is 5.28 Å². The van der Waals surface area contributed by atoms with Gasteiger partial charge in [0.1, 0.15) is 5.82 Å². The molecule has 1 N–H and O–H groups in total. The Balaban J connectivity index is 2.42. The molecule has 2 aromatic heterocycles. The van der Waals surface area contributed by atoms with E-state index in [-0.39, 0.29) is 5.28 Å². The lowest BCUT2D eigenvalue weighted by Crippen LogP contribution is -2.40. The number of fused-ring (bicyclic) bond motifs is 1. The van der Waals surface area contributed by atoms with E-state index in [1.807, 2.05) is 0 Å². The average Bonchev–Trinajstić information content (AvgIpc) is 2.76. The number of anilines is 1. The molecule has 0 aliphatic carbocycles. The van der Waals surface area contributed by atoms with Gasteiger partial charge in [0.25, 0.3) is 0 Å². The summed E-state index contributed by atoms with van der Waals surface area (Å²) in [5, 5.41) is 7.99. The Labute approximate surface area is 117 Å². The molecule has 2 aromatic rings. The van der Waals surface area contributed by atoms with Crippen molar-refractivity contribution in [1.29, 1.82) is 0 Å². The summed E-state index contributed by atoms with van der Waals surface area (Å²) in [5.41, 5.74) is 0.672. The third kappa shape index (κ3) is 2.96. The minimum atomic E-state index is 0.238. The van der Waals surface area contributed by atoms with Gasteiger partial charge in [-0.2, -0.15) is 15.1 Å². The molecule has 0 amide bonds. The molecule has 6 nitrogen and oxygen atoms in total. The second-order valence-corrected chi connectivity index (χ2v) is 5.18. The lowest BCUT2D eigenvalue weighted by atomic mass is 10.2. The molecule has 0 fully saturated rings. The van der Waals surface area contributed by atoms with Crippen LogP contribution in [0, 0.1) is 0 Å². The molecular weight excluding hydrogens is 264 g/mol.